The highest BCUT2D eigenvalue weighted by atomic mass is 32.1. The van der Waals surface area contributed by atoms with Crippen LogP contribution in [0.25, 0.3) is 80.3 Å². The van der Waals surface area contributed by atoms with Crippen molar-refractivity contribution in [3.8, 4) is 16.8 Å². The standard InChI is InChI=1S/C38H23NS/c1-2-9-24(10-3-1)26-11-8-12-27(23-26)39-32-15-6-4-13-30(32)37-29-19-17-25-18-22-35-38(31-14-5-7-16-34(31)40-35)36(25)28(29)20-21-33(37)39/h1-23H. The van der Waals surface area contributed by atoms with Crippen molar-refractivity contribution < 1.29 is 0 Å². The molecule has 0 spiro atoms. The number of hydrogen-bond donors (Lipinski definition) is 0. The van der Waals surface area contributed by atoms with Crippen LogP contribution in [0.4, 0.5) is 0 Å². The van der Waals surface area contributed by atoms with Crippen molar-refractivity contribution in [1.82, 2.24) is 4.57 Å². The fourth-order valence-electron chi connectivity index (χ4n) is 6.65. The summed E-state index contributed by atoms with van der Waals surface area (Å²) < 4.78 is 5.13. The Morgan fingerprint density at radius 1 is 0.400 bits per heavy atom. The van der Waals surface area contributed by atoms with Crippen molar-refractivity contribution in [3.63, 3.8) is 0 Å². The minimum atomic E-state index is 1.18. The third-order valence-electron chi connectivity index (χ3n) is 8.36. The lowest BCUT2D eigenvalue weighted by atomic mass is 9.95. The molecule has 7 aromatic carbocycles. The molecule has 186 valence electrons. The summed E-state index contributed by atoms with van der Waals surface area (Å²) >= 11 is 1.89. The van der Waals surface area contributed by atoms with Gasteiger partial charge in [0.25, 0.3) is 0 Å². The van der Waals surface area contributed by atoms with Crippen LogP contribution in [0.2, 0.25) is 0 Å². The van der Waals surface area contributed by atoms with Gasteiger partial charge < -0.3 is 4.57 Å². The van der Waals surface area contributed by atoms with Gasteiger partial charge >= 0.3 is 0 Å². The van der Waals surface area contributed by atoms with Crippen LogP contribution >= 0.6 is 11.3 Å². The number of rotatable bonds is 2. The van der Waals surface area contributed by atoms with Crippen molar-refractivity contribution in [2.24, 2.45) is 0 Å². The Balaban J connectivity index is 1.41. The summed E-state index contributed by atoms with van der Waals surface area (Å²) in [6, 6.07) is 51.1. The first kappa shape index (κ1) is 22.0. The molecule has 0 saturated carbocycles. The molecule has 0 saturated heterocycles. The van der Waals surface area contributed by atoms with E-state index in [2.05, 4.69) is 144 Å². The van der Waals surface area contributed by atoms with Crippen LogP contribution in [-0.2, 0) is 0 Å². The maximum absolute atomic E-state index is 2.43. The van der Waals surface area contributed by atoms with Crippen molar-refractivity contribution in [3.05, 3.63) is 140 Å². The van der Waals surface area contributed by atoms with Gasteiger partial charge in [-0.2, -0.15) is 0 Å². The molecule has 2 heteroatoms. The molecule has 0 aliphatic rings. The van der Waals surface area contributed by atoms with Crippen LogP contribution in [0.15, 0.2) is 140 Å². The third kappa shape index (κ3) is 3.03. The van der Waals surface area contributed by atoms with Gasteiger partial charge in [0.05, 0.1) is 11.0 Å². The molecular formula is C38H23NS. The average molecular weight is 526 g/mol. The quantitative estimate of drug-likeness (QED) is 0.198. The fourth-order valence-corrected chi connectivity index (χ4v) is 7.76. The second-order valence-corrected chi connectivity index (χ2v) is 11.6. The normalized spacial score (nSPS) is 12.0. The highest BCUT2D eigenvalue weighted by Crippen LogP contribution is 2.44. The van der Waals surface area contributed by atoms with Gasteiger partial charge in [-0.3, -0.25) is 0 Å². The molecule has 9 aromatic rings. The molecule has 0 fully saturated rings. The van der Waals surface area contributed by atoms with Crippen molar-refractivity contribution in [1.29, 1.82) is 0 Å². The maximum atomic E-state index is 2.43. The molecule has 2 heterocycles. The largest absolute Gasteiger partial charge is 0.309 e. The minimum absolute atomic E-state index is 1.18. The van der Waals surface area contributed by atoms with E-state index in [4.69, 9.17) is 0 Å². The van der Waals surface area contributed by atoms with E-state index in [1.165, 1.54) is 80.3 Å². The predicted molar refractivity (Wildman–Crippen MR) is 174 cm³/mol. The van der Waals surface area contributed by atoms with E-state index in [1.54, 1.807) is 0 Å². The highest BCUT2D eigenvalue weighted by molar-refractivity contribution is 7.26. The number of thiophene rings is 1. The molecule has 0 bridgehead atoms. The zero-order valence-electron chi connectivity index (χ0n) is 21.6. The second-order valence-electron chi connectivity index (χ2n) is 10.5. The number of aromatic nitrogens is 1. The van der Waals surface area contributed by atoms with E-state index in [0.717, 1.165) is 0 Å². The van der Waals surface area contributed by atoms with Gasteiger partial charge in [-0.15, -0.1) is 11.3 Å². The Labute approximate surface area is 235 Å². The van der Waals surface area contributed by atoms with Gasteiger partial charge in [0, 0.05) is 36.6 Å². The molecule has 2 aromatic heterocycles. The Bertz CT molecular complexity index is 2420. The third-order valence-corrected chi connectivity index (χ3v) is 9.50. The molecule has 9 rings (SSSR count). The molecule has 0 unspecified atom stereocenters. The van der Waals surface area contributed by atoms with Gasteiger partial charge in [0.1, 0.15) is 0 Å². The predicted octanol–water partition coefficient (Wildman–Crippen LogP) is 11.1. The zero-order chi connectivity index (χ0) is 26.2. The summed E-state index contributed by atoms with van der Waals surface area (Å²) in [5.74, 6) is 0. The lowest BCUT2D eigenvalue weighted by Crippen LogP contribution is -1.94. The Hall–Kier alpha value is -4.92. The molecule has 0 atom stereocenters. The Kier molecular flexibility index (Phi) is 4.55. The van der Waals surface area contributed by atoms with Crippen molar-refractivity contribution in [2.45, 2.75) is 0 Å². The van der Waals surface area contributed by atoms with Gasteiger partial charge in [-0.25, -0.2) is 0 Å². The summed E-state index contributed by atoms with van der Waals surface area (Å²) in [4.78, 5) is 0. The van der Waals surface area contributed by atoms with Crippen molar-refractivity contribution >= 4 is 74.9 Å². The fraction of sp³-hybridized carbons (Fsp3) is 0. The van der Waals surface area contributed by atoms with E-state index >= 15 is 0 Å². The summed E-state index contributed by atoms with van der Waals surface area (Å²) in [7, 11) is 0. The number of hydrogen-bond acceptors (Lipinski definition) is 1. The maximum Gasteiger partial charge on any atom is 0.0547 e. The van der Waals surface area contributed by atoms with Crippen LogP contribution in [0.1, 0.15) is 0 Å². The molecular weight excluding hydrogens is 502 g/mol. The topological polar surface area (TPSA) is 4.93 Å². The average Bonchev–Trinajstić information content (AvgIpc) is 3.57. The summed E-state index contributed by atoms with van der Waals surface area (Å²) in [5.41, 5.74) is 6.10. The highest BCUT2D eigenvalue weighted by Gasteiger charge is 2.17. The number of nitrogens with zero attached hydrogens (tertiary/aromatic N) is 1. The Morgan fingerprint density at radius 3 is 2.05 bits per heavy atom. The van der Waals surface area contributed by atoms with Crippen LogP contribution in [0.3, 0.4) is 0 Å². The van der Waals surface area contributed by atoms with E-state index < -0.39 is 0 Å². The van der Waals surface area contributed by atoms with E-state index in [1.807, 2.05) is 11.3 Å². The van der Waals surface area contributed by atoms with Crippen LogP contribution < -0.4 is 0 Å². The number of benzene rings is 7. The van der Waals surface area contributed by atoms with E-state index in [9.17, 15) is 0 Å². The molecule has 0 amide bonds. The molecule has 0 aliphatic heterocycles. The number of fused-ring (bicyclic) bond motifs is 11. The molecule has 0 radical (unpaired) electrons. The first-order chi connectivity index (χ1) is 19.8. The molecule has 1 nitrogen and oxygen atoms in total. The first-order valence-electron chi connectivity index (χ1n) is 13.7. The zero-order valence-corrected chi connectivity index (χ0v) is 22.5. The van der Waals surface area contributed by atoms with Gasteiger partial charge in [-0.05, 0) is 69.1 Å². The lowest BCUT2D eigenvalue weighted by molar-refractivity contribution is 1.18. The summed E-state index contributed by atoms with van der Waals surface area (Å²) in [6.07, 6.45) is 0. The number of para-hydroxylation sites is 1. The lowest BCUT2D eigenvalue weighted by Gasteiger charge is -2.11. The summed E-state index contributed by atoms with van der Waals surface area (Å²) in [5, 5.41) is 10.6. The monoisotopic (exact) mass is 525 g/mol. The van der Waals surface area contributed by atoms with Gasteiger partial charge in [0.2, 0.25) is 0 Å². The molecule has 0 N–H and O–H groups in total. The van der Waals surface area contributed by atoms with E-state index in [-0.39, 0.29) is 0 Å². The molecule has 40 heavy (non-hydrogen) atoms. The van der Waals surface area contributed by atoms with Crippen LogP contribution in [0, 0.1) is 0 Å². The van der Waals surface area contributed by atoms with Crippen LogP contribution in [0.5, 0.6) is 0 Å². The summed E-state index contributed by atoms with van der Waals surface area (Å²) in [6.45, 7) is 0. The minimum Gasteiger partial charge on any atom is -0.309 e. The van der Waals surface area contributed by atoms with E-state index in [0.29, 0.717) is 0 Å². The molecule has 0 aliphatic carbocycles. The van der Waals surface area contributed by atoms with Crippen molar-refractivity contribution in [2.75, 3.05) is 0 Å². The van der Waals surface area contributed by atoms with Gasteiger partial charge in [0.15, 0.2) is 0 Å². The first-order valence-corrected chi connectivity index (χ1v) is 14.5. The SMILES string of the molecule is c1ccc(-c2cccc(-n3c4ccccc4c4c5ccc6ccc7sc8ccccc8c7c6c5ccc43)c2)cc1. The van der Waals surface area contributed by atoms with Crippen LogP contribution in [-0.4, -0.2) is 4.57 Å². The second kappa shape index (κ2) is 8.29. The van der Waals surface area contributed by atoms with Gasteiger partial charge in [-0.1, -0.05) is 103 Å². The Morgan fingerprint density at radius 2 is 1.12 bits per heavy atom. The smallest absolute Gasteiger partial charge is 0.0547 e.